The summed E-state index contributed by atoms with van der Waals surface area (Å²) in [6.45, 7) is 1.53. The SMILES string of the molecule is CNCCN(C)c1ccccc1Nc1cc(F)c(S(=O)(=O)Nc2ncc(Cl)s2)cc1Cl.Cl. The van der Waals surface area contributed by atoms with Crippen molar-refractivity contribution in [2.45, 2.75) is 4.90 Å². The number of thiazole rings is 1. The maximum Gasteiger partial charge on any atom is 0.266 e. The number of nitrogens with one attached hydrogen (secondary N) is 3. The van der Waals surface area contributed by atoms with Gasteiger partial charge in [-0.25, -0.2) is 17.8 Å². The summed E-state index contributed by atoms with van der Waals surface area (Å²) < 4.78 is 42.4. The van der Waals surface area contributed by atoms with Gasteiger partial charge in [0.05, 0.1) is 28.3 Å². The molecule has 0 bridgehead atoms. The van der Waals surface area contributed by atoms with Crippen molar-refractivity contribution in [3.8, 4) is 0 Å². The number of hydrogen-bond acceptors (Lipinski definition) is 7. The summed E-state index contributed by atoms with van der Waals surface area (Å²) in [5.41, 5.74) is 1.83. The smallest absolute Gasteiger partial charge is 0.266 e. The molecule has 0 aliphatic rings. The quantitative estimate of drug-likeness (QED) is 0.345. The first-order valence-electron chi connectivity index (χ1n) is 9.06. The Balaban J connectivity index is 0.00000363. The van der Waals surface area contributed by atoms with Crippen LogP contribution in [-0.4, -0.2) is 40.6 Å². The van der Waals surface area contributed by atoms with Crippen molar-refractivity contribution in [2.75, 3.05) is 42.1 Å². The van der Waals surface area contributed by atoms with Gasteiger partial charge in [0, 0.05) is 26.2 Å². The zero-order valence-electron chi connectivity index (χ0n) is 17.0. The molecule has 13 heteroatoms. The van der Waals surface area contributed by atoms with E-state index in [-0.39, 0.29) is 28.2 Å². The molecule has 0 amide bonds. The monoisotopic (exact) mass is 539 g/mol. The average molecular weight is 541 g/mol. The van der Waals surface area contributed by atoms with Crippen LogP contribution in [0.2, 0.25) is 9.36 Å². The lowest BCUT2D eigenvalue weighted by molar-refractivity contribution is 0.571. The van der Waals surface area contributed by atoms with Crippen molar-refractivity contribution in [1.82, 2.24) is 10.3 Å². The third-order valence-corrected chi connectivity index (χ3v) is 7.12. The van der Waals surface area contributed by atoms with Crippen LogP contribution >= 0.6 is 46.9 Å². The molecule has 0 atom stereocenters. The molecule has 2 aromatic carbocycles. The Hall–Kier alpha value is -1.82. The van der Waals surface area contributed by atoms with Gasteiger partial charge in [0.2, 0.25) is 0 Å². The lowest BCUT2D eigenvalue weighted by atomic mass is 10.2. The maximum absolute atomic E-state index is 14.8. The highest BCUT2D eigenvalue weighted by atomic mass is 35.5. The predicted molar refractivity (Wildman–Crippen MR) is 134 cm³/mol. The van der Waals surface area contributed by atoms with Crippen molar-refractivity contribution in [3.05, 3.63) is 57.8 Å². The summed E-state index contributed by atoms with van der Waals surface area (Å²) in [6.07, 6.45) is 1.30. The Morgan fingerprint density at radius 3 is 2.56 bits per heavy atom. The second-order valence-electron chi connectivity index (χ2n) is 6.50. The first-order valence-corrected chi connectivity index (χ1v) is 12.1. The van der Waals surface area contributed by atoms with Crippen molar-refractivity contribution in [1.29, 1.82) is 0 Å². The van der Waals surface area contributed by atoms with Gasteiger partial charge in [0.1, 0.15) is 15.0 Å². The Morgan fingerprint density at radius 1 is 1.19 bits per heavy atom. The molecule has 0 radical (unpaired) electrons. The van der Waals surface area contributed by atoms with Gasteiger partial charge < -0.3 is 15.5 Å². The second kappa shape index (κ2) is 11.4. The minimum Gasteiger partial charge on any atom is -0.372 e. The summed E-state index contributed by atoms with van der Waals surface area (Å²) >= 11 is 13.0. The molecule has 1 aromatic heterocycles. The van der Waals surface area contributed by atoms with Gasteiger partial charge in [-0.15, -0.1) is 12.4 Å². The first kappa shape index (κ1) is 26.4. The Labute approximate surface area is 206 Å². The molecule has 0 aliphatic heterocycles. The van der Waals surface area contributed by atoms with Gasteiger partial charge in [0.25, 0.3) is 10.0 Å². The standard InChI is InChI=1S/C19H20Cl2FN5O2S2.ClH/c1-23-7-8-27(2)16-6-4-3-5-14(16)25-15-10-13(22)17(9-12(15)20)31(28,29)26-19-24-11-18(21)30-19;/h3-6,9-11,23,25H,7-8H2,1-2H3,(H,24,26);1H. The van der Waals surface area contributed by atoms with E-state index in [1.165, 1.54) is 6.20 Å². The first-order chi connectivity index (χ1) is 14.7. The minimum absolute atomic E-state index is 0. The lowest BCUT2D eigenvalue weighted by Crippen LogP contribution is -2.27. The van der Waals surface area contributed by atoms with Crippen molar-refractivity contribution in [3.63, 3.8) is 0 Å². The van der Waals surface area contributed by atoms with Gasteiger partial charge >= 0.3 is 0 Å². The Kier molecular flexibility index (Phi) is 9.38. The number of halogens is 4. The van der Waals surface area contributed by atoms with Gasteiger partial charge in [-0.2, -0.15) is 0 Å². The third kappa shape index (κ3) is 6.37. The number of rotatable bonds is 9. The van der Waals surface area contributed by atoms with E-state index in [1.54, 1.807) is 0 Å². The second-order valence-corrected chi connectivity index (χ2v) is 10.2. The summed E-state index contributed by atoms with van der Waals surface area (Å²) in [6, 6.07) is 9.59. The zero-order valence-corrected chi connectivity index (χ0v) is 21.0. The highest BCUT2D eigenvalue weighted by Crippen LogP contribution is 2.34. The van der Waals surface area contributed by atoms with Gasteiger partial charge in [-0.1, -0.05) is 46.7 Å². The molecule has 3 N–H and O–H groups in total. The van der Waals surface area contributed by atoms with Crippen LogP contribution in [0, 0.1) is 5.82 Å². The molecule has 7 nitrogen and oxygen atoms in total. The number of nitrogens with zero attached hydrogens (tertiary/aromatic N) is 2. The van der Waals surface area contributed by atoms with Crippen LogP contribution in [0.4, 0.5) is 26.6 Å². The number of aromatic nitrogens is 1. The van der Waals surface area contributed by atoms with Crippen LogP contribution in [-0.2, 0) is 10.0 Å². The zero-order chi connectivity index (χ0) is 22.6. The van der Waals surface area contributed by atoms with Crippen LogP contribution in [0.1, 0.15) is 0 Å². The number of para-hydroxylation sites is 2. The normalized spacial score (nSPS) is 11.0. The number of anilines is 4. The van der Waals surface area contributed by atoms with E-state index in [9.17, 15) is 12.8 Å². The molecular formula is C19H21Cl3FN5O2S2. The van der Waals surface area contributed by atoms with E-state index in [2.05, 4.69) is 20.3 Å². The van der Waals surface area contributed by atoms with Gasteiger partial charge in [-0.05, 0) is 25.2 Å². The summed E-state index contributed by atoms with van der Waals surface area (Å²) in [5.74, 6) is -0.955. The topological polar surface area (TPSA) is 86.4 Å². The Morgan fingerprint density at radius 2 is 1.91 bits per heavy atom. The fourth-order valence-electron chi connectivity index (χ4n) is 2.76. The summed E-state index contributed by atoms with van der Waals surface area (Å²) in [7, 11) is -0.432. The van der Waals surface area contributed by atoms with E-state index in [4.69, 9.17) is 23.2 Å². The van der Waals surface area contributed by atoms with Crippen LogP contribution in [0.25, 0.3) is 0 Å². The third-order valence-electron chi connectivity index (χ3n) is 4.29. The van der Waals surface area contributed by atoms with Crippen LogP contribution in [0.5, 0.6) is 0 Å². The molecule has 3 aromatic rings. The average Bonchev–Trinajstić information content (AvgIpc) is 3.12. The Bertz CT molecular complexity index is 1180. The molecule has 0 spiro atoms. The van der Waals surface area contributed by atoms with E-state index in [0.717, 1.165) is 42.2 Å². The molecule has 0 aliphatic carbocycles. The molecule has 0 saturated heterocycles. The molecule has 3 rings (SSSR count). The van der Waals surface area contributed by atoms with E-state index in [0.29, 0.717) is 10.0 Å². The highest BCUT2D eigenvalue weighted by Gasteiger charge is 2.23. The van der Waals surface area contributed by atoms with Crippen molar-refractivity contribution in [2.24, 2.45) is 0 Å². The summed E-state index contributed by atoms with van der Waals surface area (Å²) in [4.78, 5) is 5.26. The molecule has 174 valence electrons. The van der Waals surface area contributed by atoms with Crippen LogP contribution in [0.15, 0.2) is 47.5 Å². The van der Waals surface area contributed by atoms with Crippen LogP contribution < -0.4 is 20.3 Å². The van der Waals surface area contributed by atoms with E-state index >= 15 is 0 Å². The molecule has 0 saturated carbocycles. The van der Waals surface area contributed by atoms with Crippen LogP contribution in [0.3, 0.4) is 0 Å². The lowest BCUT2D eigenvalue weighted by Gasteiger charge is -2.23. The minimum atomic E-state index is -4.24. The predicted octanol–water partition coefficient (Wildman–Crippen LogP) is 5.21. The molecule has 1 heterocycles. The fraction of sp³-hybridized carbons (Fsp3) is 0.211. The van der Waals surface area contributed by atoms with Gasteiger partial charge in [0.15, 0.2) is 5.13 Å². The maximum atomic E-state index is 14.8. The molecule has 0 unspecified atom stereocenters. The highest BCUT2D eigenvalue weighted by molar-refractivity contribution is 7.93. The number of likely N-dealkylation sites (N-methyl/N-ethyl adjacent to an activating group) is 2. The summed E-state index contributed by atoms with van der Waals surface area (Å²) in [5, 5.41) is 6.26. The molecule has 0 fully saturated rings. The van der Waals surface area contributed by atoms with E-state index < -0.39 is 20.7 Å². The fourth-order valence-corrected chi connectivity index (χ4v) is 5.18. The molecular weight excluding hydrogens is 520 g/mol. The molecule has 32 heavy (non-hydrogen) atoms. The van der Waals surface area contributed by atoms with E-state index in [1.807, 2.05) is 43.3 Å². The number of sulfonamides is 1. The van der Waals surface area contributed by atoms with Gasteiger partial charge in [-0.3, -0.25) is 4.72 Å². The number of benzene rings is 2. The van der Waals surface area contributed by atoms with Crippen molar-refractivity contribution >= 4 is 79.2 Å². The van der Waals surface area contributed by atoms with Crippen molar-refractivity contribution < 1.29 is 12.8 Å². The largest absolute Gasteiger partial charge is 0.372 e. The number of hydrogen-bond donors (Lipinski definition) is 3.